The number of nitrogens with one attached hydrogen (secondary N) is 3. The number of carbonyl (C=O) groups is 1. The summed E-state index contributed by atoms with van der Waals surface area (Å²) in [6.45, 7) is 2.66. The highest BCUT2D eigenvalue weighted by atomic mass is 35.5. The number of carbonyl (C=O) groups excluding carboxylic acids is 1. The molecule has 0 saturated carbocycles. The minimum Gasteiger partial charge on any atom is -0.351 e. The molecule has 5 heteroatoms. The lowest BCUT2D eigenvalue weighted by Gasteiger charge is -2.10. The molecule has 0 bridgehead atoms. The van der Waals surface area contributed by atoms with Gasteiger partial charge in [0, 0.05) is 17.6 Å². The van der Waals surface area contributed by atoms with E-state index < -0.39 is 0 Å². The first kappa shape index (κ1) is 14.3. The molecule has 2 rings (SSSR count). The van der Waals surface area contributed by atoms with Crippen LogP contribution < -0.4 is 16.2 Å². The molecule has 0 aliphatic carbocycles. The summed E-state index contributed by atoms with van der Waals surface area (Å²) in [5.41, 5.74) is 7.23. The summed E-state index contributed by atoms with van der Waals surface area (Å²) in [5.74, 6) is 0.0334. The minimum atomic E-state index is -0.143. The Labute approximate surface area is 118 Å². The standard InChI is InChI=1S/C14H20ClN3O/c1-2-4-12-8-13(18-17-12)14(19)16-9-10-5-3-6-11(15)7-10/h3,5-7,12-13,17-18H,2,4,8-9H2,1H3,(H,16,19). The highest BCUT2D eigenvalue weighted by Crippen LogP contribution is 2.12. The Morgan fingerprint density at radius 2 is 2.32 bits per heavy atom. The molecule has 1 aliphatic heterocycles. The van der Waals surface area contributed by atoms with Crippen molar-refractivity contribution < 1.29 is 4.79 Å². The summed E-state index contributed by atoms with van der Waals surface area (Å²) in [6, 6.07) is 7.78. The van der Waals surface area contributed by atoms with Crippen molar-refractivity contribution >= 4 is 17.5 Å². The molecular formula is C14H20ClN3O. The van der Waals surface area contributed by atoms with Gasteiger partial charge in [-0.15, -0.1) is 0 Å². The summed E-state index contributed by atoms with van der Waals surface area (Å²) >= 11 is 5.91. The fraction of sp³-hybridized carbons (Fsp3) is 0.500. The third-order valence-electron chi connectivity index (χ3n) is 3.29. The lowest BCUT2D eigenvalue weighted by molar-refractivity contribution is -0.123. The maximum Gasteiger partial charge on any atom is 0.238 e. The Balaban J connectivity index is 1.79. The smallest absolute Gasteiger partial charge is 0.238 e. The quantitative estimate of drug-likeness (QED) is 0.774. The molecule has 1 aromatic rings. The van der Waals surface area contributed by atoms with Crippen LogP contribution in [0.15, 0.2) is 24.3 Å². The molecule has 1 aliphatic rings. The molecule has 0 aromatic heterocycles. The molecule has 1 heterocycles. The van der Waals surface area contributed by atoms with Gasteiger partial charge in [0.25, 0.3) is 0 Å². The Kier molecular flexibility index (Phi) is 5.19. The van der Waals surface area contributed by atoms with E-state index in [1.54, 1.807) is 0 Å². The van der Waals surface area contributed by atoms with Crippen LogP contribution in [0.2, 0.25) is 5.02 Å². The van der Waals surface area contributed by atoms with Gasteiger partial charge in [-0.05, 0) is 30.5 Å². The third kappa shape index (κ3) is 4.20. The summed E-state index contributed by atoms with van der Waals surface area (Å²) in [4.78, 5) is 12.0. The Bertz CT molecular complexity index is 438. The van der Waals surface area contributed by atoms with E-state index in [4.69, 9.17) is 11.6 Å². The first-order chi connectivity index (χ1) is 9.19. The number of halogens is 1. The summed E-state index contributed by atoms with van der Waals surface area (Å²) in [6.07, 6.45) is 3.05. The molecule has 1 saturated heterocycles. The van der Waals surface area contributed by atoms with Crippen molar-refractivity contribution in [3.05, 3.63) is 34.9 Å². The molecule has 104 valence electrons. The summed E-state index contributed by atoms with van der Waals surface area (Å²) in [5, 5.41) is 3.62. The molecule has 0 radical (unpaired) electrons. The normalized spacial score (nSPS) is 22.4. The molecule has 0 spiro atoms. The number of benzene rings is 1. The van der Waals surface area contributed by atoms with Crippen molar-refractivity contribution in [3.63, 3.8) is 0 Å². The molecule has 1 fully saturated rings. The Morgan fingerprint density at radius 1 is 1.47 bits per heavy atom. The van der Waals surface area contributed by atoms with Gasteiger partial charge in [0.05, 0.1) is 0 Å². The zero-order valence-corrected chi connectivity index (χ0v) is 11.8. The van der Waals surface area contributed by atoms with Gasteiger partial charge in [-0.25, -0.2) is 5.43 Å². The number of hydrogen-bond donors (Lipinski definition) is 3. The summed E-state index contributed by atoms with van der Waals surface area (Å²) < 4.78 is 0. The Morgan fingerprint density at radius 3 is 3.05 bits per heavy atom. The average molecular weight is 282 g/mol. The molecule has 19 heavy (non-hydrogen) atoms. The lowest BCUT2D eigenvalue weighted by atomic mass is 10.1. The first-order valence-electron chi connectivity index (χ1n) is 6.72. The van der Waals surface area contributed by atoms with Gasteiger partial charge in [-0.2, -0.15) is 0 Å². The molecule has 3 N–H and O–H groups in total. The largest absolute Gasteiger partial charge is 0.351 e. The molecule has 1 aromatic carbocycles. The minimum absolute atomic E-state index is 0.0334. The second kappa shape index (κ2) is 6.89. The van der Waals surface area contributed by atoms with E-state index in [0.717, 1.165) is 24.8 Å². The lowest BCUT2D eigenvalue weighted by Crippen LogP contribution is -2.43. The van der Waals surface area contributed by atoms with Crippen LogP contribution in [0.3, 0.4) is 0 Å². The van der Waals surface area contributed by atoms with Crippen LogP contribution in [0.4, 0.5) is 0 Å². The van der Waals surface area contributed by atoms with E-state index in [1.807, 2.05) is 24.3 Å². The molecule has 2 atom stereocenters. The van der Waals surface area contributed by atoms with Gasteiger partial charge in [0.15, 0.2) is 0 Å². The van der Waals surface area contributed by atoms with Crippen LogP contribution in [-0.4, -0.2) is 18.0 Å². The van der Waals surface area contributed by atoms with Gasteiger partial charge < -0.3 is 5.32 Å². The maximum absolute atomic E-state index is 12.0. The number of hydrogen-bond acceptors (Lipinski definition) is 3. The van der Waals surface area contributed by atoms with E-state index in [2.05, 4.69) is 23.1 Å². The second-order valence-corrected chi connectivity index (χ2v) is 5.35. The summed E-state index contributed by atoms with van der Waals surface area (Å²) in [7, 11) is 0. The zero-order valence-electron chi connectivity index (χ0n) is 11.1. The predicted octanol–water partition coefficient (Wildman–Crippen LogP) is 1.99. The van der Waals surface area contributed by atoms with E-state index in [-0.39, 0.29) is 11.9 Å². The Hall–Kier alpha value is -1.10. The SMILES string of the molecule is CCCC1CC(C(=O)NCc2cccc(Cl)c2)NN1. The van der Waals surface area contributed by atoms with E-state index in [1.165, 1.54) is 0 Å². The van der Waals surface area contributed by atoms with Crippen molar-refractivity contribution in [3.8, 4) is 0 Å². The van der Waals surface area contributed by atoms with Gasteiger partial charge in [-0.1, -0.05) is 37.1 Å². The fourth-order valence-electron chi connectivity index (χ4n) is 2.29. The van der Waals surface area contributed by atoms with Crippen molar-refractivity contribution in [1.82, 2.24) is 16.2 Å². The highest BCUT2D eigenvalue weighted by Gasteiger charge is 2.28. The van der Waals surface area contributed by atoms with Gasteiger partial charge >= 0.3 is 0 Å². The fourth-order valence-corrected chi connectivity index (χ4v) is 2.50. The maximum atomic E-state index is 12.0. The molecule has 2 unspecified atom stereocenters. The number of rotatable bonds is 5. The monoisotopic (exact) mass is 281 g/mol. The topological polar surface area (TPSA) is 53.2 Å². The average Bonchev–Trinajstić information content (AvgIpc) is 2.85. The number of hydrazine groups is 1. The molecule has 4 nitrogen and oxygen atoms in total. The van der Waals surface area contributed by atoms with E-state index >= 15 is 0 Å². The zero-order chi connectivity index (χ0) is 13.7. The van der Waals surface area contributed by atoms with Crippen LogP contribution in [0.1, 0.15) is 31.7 Å². The van der Waals surface area contributed by atoms with E-state index in [9.17, 15) is 4.79 Å². The molecular weight excluding hydrogens is 262 g/mol. The van der Waals surface area contributed by atoms with Crippen molar-refractivity contribution in [2.45, 2.75) is 44.8 Å². The van der Waals surface area contributed by atoms with Gasteiger partial charge in [0.2, 0.25) is 5.91 Å². The van der Waals surface area contributed by atoms with Gasteiger partial charge in [0.1, 0.15) is 6.04 Å². The van der Waals surface area contributed by atoms with Crippen LogP contribution in [0, 0.1) is 0 Å². The van der Waals surface area contributed by atoms with Crippen molar-refractivity contribution in [1.29, 1.82) is 0 Å². The van der Waals surface area contributed by atoms with Crippen molar-refractivity contribution in [2.24, 2.45) is 0 Å². The molecule has 1 amide bonds. The van der Waals surface area contributed by atoms with Crippen LogP contribution in [-0.2, 0) is 11.3 Å². The van der Waals surface area contributed by atoms with Crippen LogP contribution in [0.5, 0.6) is 0 Å². The second-order valence-electron chi connectivity index (χ2n) is 4.91. The number of amides is 1. The van der Waals surface area contributed by atoms with Crippen molar-refractivity contribution in [2.75, 3.05) is 0 Å². The predicted molar refractivity (Wildman–Crippen MR) is 76.7 cm³/mol. The van der Waals surface area contributed by atoms with E-state index in [0.29, 0.717) is 17.6 Å². The highest BCUT2D eigenvalue weighted by molar-refractivity contribution is 6.30. The third-order valence-corrected chi connectivity index (χ3v) is 3.53. The van der Waals surface area contributed by atoms with Gasteiger partial charge in [-0.3, -0.25) is 10.2 Å². The first-order valence-corrected chi connectivity index (χ1v) is 7.10. The van der Waals surface area contributed by atoms with Crippen LogP contribution in [0.25, 0.3) is 0 Å². The van der Waals surface area contributed by atoms with Crippen LogP contribution >= 0.6 is 11.6 Å².